The molecule has 0 bridgehead atoms. The fourth-order valence-electron chi connectivity index (χ4n) is 9.95. The van der Waals surface area contributed by atoms with E-state index in [4.69, 9.17) is 9.72 Å². The highest BCUT2D eigenvalue weighted by molar-refractivity contribution is 6.00. The van der Waals surface area contributed by atoms with Gasteiger partial charge in [0.25, 0.3) is 11.8 Å². The molecule has 7 aromatic rings. The molecule has 2 fully saturated rings. The quantitative estimate of drug-likeness (QED) is 0.103. The van der Waals surface area contributed by atoms with Gasteiger partial charge in [-0.3, -0.25) is 47.7 Å². The zero-order valence-electron chi connectivity index (χ0n) is 42.6. The Morgan fingerprint density at radius 1 is 0.838 bits per heavy atom. The van der Waals surface area contributed by atoms with Gasteiger partial charge < -0.3 is 30.1 Å². The van der Waals surface area contributed by atoms with Crippen molar-refractivity contribution >= 4 is 45.8 Å². The minimum absolute atomic E-state index is 0.000858. The second kappa shape index (κ2) is 21.6. The summed E-state index contributed by atoms with van der Waals surface area (Å²) in [7, 11) is 1.72. The Morgan fingerprint density at radius 2 is 1.58 bits per heavy atom. The second-order valence-corrected chi connectivity index (χ2v) is 19.4. The van der Waals surface area contributed by atoms with Crippen molar-refractivity contribution < 1.29 is 34.1 Å². The highest BCUT2D eigenvalue weighted by atomic mass is 16.5. The topological polar surface area (TPSA) is 236 Å². The van der Waals surface area contributed by atoms with Crippen molar-refractivity contribution in [2.75, 3.05) is 45.8 Å². The predicted octanol–water partition coefficient (Wildman–Crippen LogP) is 5.80. The molecule has 386 valence electrons. The smallest absolute Gasteiger partial charge is 0.329 e. The summed E-state index contributed by atoms with van der Waals surface area (Å²) < 4.78 is 10.5. The first kappa shape index (κ1) is 50.9. The van der Waals surface area contributed by atoms with Crippen molar-refractivity contribution in [3.8, 4) is 39.8 Å². The molecule has 20 heteroatoms. The molecule has 0 saturated carbocycles. The van der Waals surface area contributed by atoms with Crippen LogP contribution in [-0.4, -0.2) is 139 Å². The number of nitrogens with zero attached hydrogens (tertiary/aromatic N) is 11. The average molecular weight is 1010 g/mol. The average Bonchev–Trinajstić information content (AvgIpc) is 3.95. The third kappa shape index (κ3) is 10.4. The van der Waals surface area contributed by atoms with Gasteiger partial charge in [-0.05, 0) is 99.5 Å². The molecule has 1 atom stereocenters. The van der Waals surface area contributed by atoms with E-state index in [1.165, 1.54) is 6.07 Å². The summed E-state index contributed by atoms with van der Waals surface area (Å²) in [5.74, 6) is -1.28. The summed E-state index contributed by atoms with van der Waals surface area (Å²) in [6, 6.07) is 18.1. The SMILES string of the molecule is CCNC(=O)c1nnc(-c2cc(C(C)C)c(O)cc2O)n1-c1ccc(CN2CCN(C(=O)CCCC(=O)O[C@@H](C)C(=O)N3CCC(n4c(=O)n(C)c5cnc6ccc(-c7ccc(C)nc7)nc6c54)CC3)CC2)cc1. The van der Waals surface area contributed by atoms with Crippen LogP contribution in [0.25, 0.3) is 50.4 Å². The largest absolute Gasteiger partial charge is 0.508 e. The van der Waals surface area contributed by atoms with Gasteiger partial charge in [0, 0.05) is 107 Å². The van der Waals surface area contributed by atoms with Gasteiger partial charge in [-0.2, -0.15) is 0 Å². The molecule has 3 amide bonds. The van der Waals surface area contributed by atoms with Crippen LogP contribution in [0.1, 0.15) is 99.2 Å². The third-order valence-electron chi connectivity index (χ3n) is 14.1. The highest BCUT2D eigenvalue weighted by Gasteiger charge is 2.32. The molecular weight excluding hydrogens is 945 g/mol. The van der Waals surface area contributed by atoms with Crippen LogP contribution in [0.15, 0.2) is 77.9 Å². The minimum Gasteiger partial charge on any atom is -0.508 e. The summed E-state index contributed by atoms with van der Waals surface area (Å²) in [6.07, 6.45) is 3.98. The van der Waals surface area contributed by atoms with E-state index in [1.807, 2.05) is 81.1 Å². The number of hydrogen-bond acceptors (Lipinski definition) is 14. The van der Waals surface area contributed by atoms with Crippen molar-refractivity contribution in [2.24, 2.45) is 7.05 Å². The lowest BCUT2D eigenvalue weighted by Gasteiger charge is -2.35. The van der Waals surface area contributed by atoms with Crippen molar-refractivity contribution in [3.05, 3.63) is 106 Å². The van der Waals surface area contributed by atoms with E-state index in [1.54, 1.807) is 51.0 Å². The fourth-order valence-corrected chi connectivity index (χ4v) is 9.95. The third-order valence-corrected chi connectivity index (χ3v) is 14.1. The zero-order valence-corrected chi connectivity index (χ0v) is 42.6. The van der Waals surface area contributed by atoms with Gasteiger partial charge in [-0.1, -0.05) is 26.0 Å². The van der Waals surface area contributed by atoms with Crippen molar-refractivity contribution in [1.29, 1.82) is 0 Å². The Balaban J connectivity index is 0.737. The van der Waals surface area contributed by atoms with Crippen LogP contribution < -0.4 is 11.0 Å². The van der Waals surface area contributed by atoms with Gasteiger partial charge in [0.1, 0.15) is 17.0 Å². The molecule has 2 aliphatic heterocycles. The van der Waals surface area contributed by atoms with Gasteiger partial charge in [-0.15, -0.1) is 10.2 Å². The normalized spacial score (nSPS) is 15.0. The number of phenols is 2. The van der Waals surface area contributed by atoms with E-state index < -0.39 is 18.0 Å². The summed E-state index contributed by atoms with van der Waals surface area (Å²) in [5, 5.41) is 32.6. The Morgan fingerprint density at radius 3 is 2.27 bits per heavy atom. The number of rotatable bonds is 15. The molecule has 7 heterocycles. The molecule has 20 nitrogen and oxygen atoms in total. The zero-order chi connectivity index (χ0) is 52.4. The molecule has 9 rings (SSSR count). The van der Waals surface area contributed by atoms with Crippen LogP contribution >= 0.6 is 0 Å². The van der Waals surface area contributed by atoms with Crippen molar-refractivity contribution in [2.45, 2.75) is 91.3 Å². The maximum Gasteiger partial charge on any atom is 0.329 e. The Kier molecular flexibility index (Phi) is 14.9. The molecule has 0 unspecified atom stereocenters. The number of nitrogens with one attached hydrogen (secondary N) is 1. The molecule has 2 aliphatic rings. The Bertz CT molecular complexity index is 3290. The Hall–Kier alpha value is -8.00. The number of ether oxygens (including phenoxy) is 1. The van der Waals surface area contributed by atoms with Crippen LogP contribution in [0.5, 0.6) is 11.5 Å². The van der Waals surface area contributed by atoms with Crippen LogP contribution in [0, 0.1) is 6.92 Å². The summed E-state index contributed by atoms with van der Waals surface area (Å²) in [6.45, 7) is 13.3. The molecule has 0 spiro atoms. The molecule has 3 N–H and O–H groups in total. The summed E-state index contributed by atoms with van der Waals surface area (Å²) in [4.78, 5) is 86.3. The van der Waals surface area contributed by atoms with Gasteiger partial charge in [0.2, 0.25) is 11.7 Å². The lowest BCUT2D eigenvalue weighted by molar-refractivity contribution is -0.159. The van der Waals surface area contributed by atoms with Crippen molar-refractivity contribution in [1.82, 2.24) is 58.9 Å². The van der Waals surface area contributed by atoms with Gasteiger partial charge in [-0.25, -0.2) is 9.78 Å². The first-order chi connectivity index (χ1) is 35.6. The molecule has 5 aromatic heterocycles. The number of aromatic nitrogens is 8. The standard InChI is InChI=1S/C54H62N12O8/c1-7-55-52(71)51-60-59-50(40-27-39(32(2)3)44(67)28-45(40)68)66(51)37-15-12-35(13-16-37)31-62-23-25-63(26-24-62)46(69)9-8-10-47(70)74-34(5)53(72)64-21-19-38(20-22-64)65-49-43(61(6)54(65)73)30-57-42-18-17-41(58-48(42)49)36-14-11-33(4)56-29-36/h11-18,27-30,32,34,38,67-68H,7-10,19-26,31H2,1-6H3,(H,55,71)/t34-/m0/s1. The van der Waals surface area contributed by atoms with Crippen molar-refractivity contribution in [3.63, 3.8) is 0 Å². The number of phenolic OH excluding ortho intramolecular Hbond substituents is 2. The first-order valence-corrected chi connectivity index (χ1v) is 25.3. The molecule has 0 aliphatic carbocycles. The fraction of sp³-hybridized carbons (Fsp3) is 0.407. The van der Waals surface area contributed by atoms with Crippen LogP contribution in [-0.2, 0) is 32.7 Å². The first-order valence-electron chi connectivity index (χ1n) is 25.3. The monoisotopic (exact) mass is 1010 g/mol. The summed E-state index contributed by atoms with van der Waals surface area (Å²) >= 11 is 0. The van der Waals surface area contributed by atoms with E-state index >= 15 is 0 Å². The molecular formula is C54H62N12O8. The molecule has 0 radical (unpaired) electrons. The van der Waals surface area contributed by atoms with E-state index in [0.29, 0.717) is 111 Å². The number of likely N-dealkylation sites (tertiary alicyclic amines) is 1. The molecule has 74 heavy (non-hydrogen) atoms. The van der Waals surface area contributed by atoms with E-state index in [9.17, 15) is 34.2 Å². The molecule has 2 saturated heterocycles. The van der Waals surface area contributed by atoms with Crippen LogP contribution in [0.4, 0.5) is 0 Å². The lowest BCUT2D eigenvalue weighted by Crippen LogP contribution is -2.48. The maximum atomic E-state index is 13.8. The van der Waals surface area contributed by atoms with Gasteiger partial charge in [0.15, 0.2) is 11.9 Å². The predicted molar refractivity (Wildman–Crippen MR) is 277 cm³/mol. The van der Waals surface area contributed by atoms with Crippen LogP contribution in [0.2, 0.25) is 0 Å². The number of piperazine rings is 1. The lowest BCUT2D eigenvalue weighted by atomic mass is 9.98. The minimum atomic E-state index is -1.00. The number of benzene rings is 2. The van der Waals surface area contributed by atoms with Gasteiger partial charge in [0.05, 0.1) is 34.0 Å². The van der Waals surface area contributed by atoms with E-state index in [2.05, 4.69) is 30.4 Å². The number of imidazole rings is 1. The number of fused-ring (bicyclic) bond motifs is 3. The maximum absolute atomic E-state index is 13.8. The van der Waals surface area contributed by atoms with E-state index in [0.717, 1.165) is 22.5 Å². The summed E-state index contributed by atoms with van der Waals surface area (Å²) in [5.41, 5.74) is 7.51. The van der Waals surface area contributed by atoms with E-state index in [-0.39, 0.29) is 65.5 Å². The number of pyridine rings is 3. The number of amides is 3. The highest BCUT2D eigenvalue weighted by Crippen LogP contribution is 2.38. The number of aromatic hydroxyl groups is 2. The second-order valence-electron chi connectivity index (χ2n) is 19.4. The molecule has 2 aromatic carbocycles. The number of piperidine rings is 1. The van der Waals surface area contributed by atoms with Gasteiger partial charge >= 0.3 is 11.7 Å². The number of carbonyl (C=O) groups is 4. The number of carbonyl (C=O) groups excluding carboxylic acids is 4. The number of esters is 1. The Labute approximate surface area is 427 Å². The van der Waals surface area contributed by atoms with Crippen LogP contribution in [0.3, 0.4) is 0 Å². The number of aryl methyl sites for hydroxylation is 2. The number of hydrogen-bond donors (Lipinski definition) is 3.